The summed E-state index contributed by atoms with van der Waals surface area (Å²) in [7, 11) is 0. The van der Waals surface area contributed by atoms with Crippen molar-refractivity contribution >= 4 is 82.9 Å². The fourth-order valence-corrected chi connectivity index (χ4v) is 8.85. The zero-order chi connectivity index (χ0) is 39.3. The largest absolute Gasteiger partial charge is 0.455 e. The second-order valence-corrected chi connectivity index (χ2v) is 14.9. The predicted molar refractivity (Wildman–Crippen MR) is 251 cm³/mol. The number of allylic oxidation sites excluding steroid dienone is 3. The van der Waals surface area contributed by atoms with Gasteiger partial charge in [0.1, 0.15) is 11.2 Å². The number of furan rings is 1. The molecular formula is C56H38N2O. The minimum atomic E-state index is 0.875. The maximum atomic E-state index is 6.52. The minimum absolute atomic E-state index is 0.875. The molecule has 0 unspecified atom stereocenters. The molecule has 0 fully saturated rings. The highest BCUT2D eigenvalue weighted by atomic mass is 16.3. The first-order valence-corrected chi connectivity index (χ1v) is 20.0. The van der Waals surface area contributed by atoms with Gasteiger partial charge in [0.25, 0.3) is 0 Å². The highest BCUT2D eigenvalue weighted by molar-refractivity contribution is 6.16. The number of fused-ring (bicyclic) bond motifs is 9. The second-order valence-electron chi connectivity index (χ2n) is 14.9. The molecule has 3 nitrogen and oxygen atoms in total. The lowest BCUT2D eigenvalue weighted by molar-refractivity contribution is 0.672. The Bertz CT molecular complexity index is 3410. The zero-order valence-corrected chi connectivity index (χ0v) is 32.3. The van der Waals surface area contributed by atoms with Crippen LogP contribution in [0.5, 0.6) is 0 Å². The van der Waals surface area contributed by atoms with Crippen LogP contribution in [0.3, 0.4) is 0 Å². The van der Waals surface area contributed by atoms with E-state index in [1.54, 1.807) is 0 Å². The van der Waals surface area contributed by atoms with Crippen molar-refractivity contribution in [2.24, 2.45) is 0 Å². The molecule has 9 aromatic carbocycles. The number of rotatable bonds is 8. The fraction of sp³-hybridized carbons (Fsp3) is 0. The fourth-order valence-electron chi connectivity index (χ4n) is 8.85. The van der Waals surface area contributed by atoms with E-state index >= 15 is 0 Å². The van der Waals surface area contributed by atoms with Crippen LogP contribution >= 0.6 is 0 Å². The van der Waals surface area contributed by atoms with E-state index in [9.17, 15) is 0 Å². The first kappa shape index (κ1) is 34.4. The van der Waals surface area contributed by atoms with Crippen molar-refractivity contribution in [3.63, 3.8) is 0 Å². The van der Waals surface area contributed by atoms with E-state index < -0.39 is 0 Å². The van der Waals surface area contributed by atoms with Crippen molar-refractivity contribution in [2.75, 3.05) is 4.90 Å². The zero-order valence-electron chi connectivity index (χ0n) is 32.3. The Morgan fingerprint density at radius 3 is 1.86 bits per heavy atom. The minimum Gasteiger partial charge on any atom is -0.455 e. The molecule has 0 saturated heterocycles. The van der Waals surface area contributed by atoms with Gasteiger partial charge >= 0.3 is 0 Å². The van der Waals surface area contributed by atoms with E-state index in [4.69, 9.17) is 4.42 Å². The molecule has 2 aromatic heterocycles. The molecule has 11 rings (SSSR count). The van der Waals surface area contributed by atoms with Crippen LogP contribution in [0.15, 0.2) is 229 Å². The van der Waals surface area contributed by atoms with Crippen LogP contribution in [0.2, 0.25) is 0 Å². The summed E-state index contributed by atoms with van der Waals surface area (Å²) in [5.74, 6) is 0. The smallest absolute Gasteiger partial charge is 0.143 e. The normalized spacial score (nSPS) is 12.2. The molecule has 2 heterocycles. The van der Waals surface area contributed by atoms with Crippen molar-refractivity contribution < 1.29 is 4.42 Å². The van der Waals surface area contributed by atoms with Crippen LogP contribution in [0.4, 0.5) is 11.4 Å². The molecular weight excluding hydrogens is 717 g/mol. The Hall–Kier alpha value is -7.88. The Balaban J connectivity index is 1.07. The Morgan fingerprint density at radius 1 is 0.492 bits per heavy atom. The second kappa shape index (κ2) is 14.3. The molecule has 0 aliphatic carbocycles. The van der Waals surface area contributed by atoms with Gasteiger partial charge in [0.05, 0.1) is 16.7 Å². The predicted octanol–water partition coefficient (Wildman–Crippen LogP) is 15.7. The van der Waals surface area contributed by atoms with E-state index in [-0.39, 0.29) is 0 Å². The molecule has 0 spiro atoms. The van der Waals surface area contributed by atoms with Gasteiger partial charge in [-0.3, -0.25) is 0 Å². The molecule has 59 heavy (non-hydrogen) atoms. The SMILES string of the molecule is C=C/C(=C\C=C\n1c2ccccc2c2ccccc21)N(c1ccc(-c2cccc3ccccc23)cc1)c1ccccc1-c1ccc2oc3c4ccccc4ccc3c2c1. The average molecular weight is 755 g/mol. The topological polar surface area (TPSA) is 21.3 Å². The summed E-state index contributed by atoms with van der Waals surface area (Å²) < 4.78 is 8.79. The number of nitrogens with zero attached hydrogens (tertiary/aromatic N) is 2. The quantitative estimate of drug-likeness (QED) is 0.144. The highest BCUT2D eigenvalue weighted by Crippen LogP contribution is 2.42. The first-order chi connectivity index (χ1) is 29.2. The molecule has 0 atom stereocenters. The number of hydrogen-bond acceptors (Lipinski definition) is 2. The maximum Gasteiger partial charge on any atom is 0.143 e. The summed E-state index contributed by atoms with van der Waals surface area (Å²) in [4.78, 5) is 2.32. The summed E-state index contributed by atoms with van der Waals surface area (Å²) >= 11 is 0. The summed E-state index contributed by atoms with van der Waals surface area (Å²) in [5.41, 5.74) is 11.7. The Kier molecular flexibility index (Phi) is 8.30. The first-order valence-electron chi connectivity index (χ1n) is 20.0. The molecule has 0 radical (unpaired) electrons. The molecule has 278 valence electrons. The Labute approximate surface area is 342 Å². The van der Waals surface area contributed by atoms with Crippen LogP contribution in [0.25, 0.3) is 93.7 Å². The third-order valence-electron chi connectivity index (χ3n) is 11.6. The summed E-state index contributed by atoms with van der Waals surface area (Å²) in [6.45, 7) is 4.38. The Morgan fingerprint density at radius 2 is 1.10 bits per heavy atom. The van der Waals surface area contributed by atoms with Gasteiger partial charge in [-0.25, -0.2) is 0 Å². The van der Waals surface area contributed by atoms with E-state index in [1.807, 2.05) is 6.08 Å². The van der Waals surface area contributed by atoms with Gasteiger partial charge in [-0.2, -0.15) is 0 Å². The number of anilines is 2. The molecule has 0 N–H and O–H groups in total. The van der Waals surface area contributed by atoms with E-state index in [2.05, 4.69) is 229 Å². The number of hydrogen-bond donors (Lipinski definition) is 0. The lowest BCUT2D eigenvalue weighted by atomic mass is 9.97. The van der Waals surface area contributed by atoms with Gasteiger partial charge < -0.3 is 13.9 Å². The molecule has 0 bridgehead atoms. The molecule has 0 aliphatic rings. The van der Waals surface area contributed by atoms with E-state index in [0.717, 1.165) is 55.5 Å². The standard InChI is InChI=1S/C56H38N2O/c1-2-42(18-14-36-57-52-25-10-8-22-48(52)49-23-9-11-26-53(49)57)58(43-32-28-40(29-33-43)45-24-13-17-38-15-3-5-19-44(38)45)54-27-12-7-20-46(54)41-31-35-55-51(37-41)50-34-30-39-16-4-6-21-47(39)56(50)59-55/h2-37H,1H2/b36-14+,42-18+. The average Bonchev–Trinajstić information content (AvgIpc) is 3.84. The summed E-state index contributed by atoms with van der Waals surface area (Å²) in [6.07, 6.45) is 8.39. The van der Waals surface area contributed by atoms with Crippen LogP contribution in [0.1, 0.15) is 0 Å². The third kappa shape index (κ3) is 5.83. The van der Waals surface area contributed by atoms with Crippen molar-refractivity contribution in [2.45, 2.75) is 0 Å². The number of benzene rings is 9. The third-order valence-corrected chi connectivity index (χ3v) is 11.6. The number of aromatic nitrogens is 1. The van der Waals surface area contributed by atoms with Crippen LogP contribution in [-0.2, 0) is 0 Å². The molecule has 3 heteroatoms. The molecule has 0 aliphatic heterocycles. The van der Waals surface area contributed by atoms with Crippen LogP contribution in [-0.4, -0.2) is 4.57 Å². The van der Waals surface area contributed by atoms with Crippen molar-refractivity contribution in [1.82, 2.24) is 4.57 Å². The summed E-state index contributed by atoms with van der Waals surface area (Å²) in [5, 5.41) is 9.43. The van der Waals surface area contributed by atoms with Gasteiger partial charge in [-0.05, 0) is 99.6 Å². The van der Waals surface area contributed by atoms with Crippen LogP contribution < -0.4 is 4.90 Å². The lowest BCUT2D eigenvalue weighted by Gasteiger charge is -2.28. The van der Waals surface area contributed by atoms with Gasteiger partial charge in [0.2, 0.25) is 0 Å². The van der Waals surface area contributed by atoms with Crippen molar-refractivity contribution in [3.05, 3.63) is 225 Å². The highest BCUT2D eigenvalue weighted by Gasteiger charge is 2.19. The van der Waals surface area contributed by atoms with Gasteiger partial charge in [0, 0.05) is 50.1 Å². The monoisotopic (exact) mass is 754 g/mol. The maximum absolute atomic E-state index is 6.52. The van der Waals surface area contributed by atoms with Gasteiger partial charge in [0.15, 0.2) is 0 Å². The van der Waals surface area contributed by atoms with Crippen molar-refractivity contribution in [3.8, 4) is 22.3 Å². The van der Waals surface area contributed by atoms with Gasteiger partial charge in [-0.15, -0.1) is 0 Å². The van der Waals surface area contributed by atoms with Crippen LogP contribution in [0, 0.1) is 0 Å². The van der Waals surface area contributed by atoms with Crippen molar-refractivity contribution in [1.29, 1.82) is 0 Å². The summed E-state index contributed by atoms with van der Waals surface area (Å²) in [6, 6.07) is 69.1. The number of para-hydroxylation sites is 3. The molecule has 0 amide bonds. The van der Waals surface area contributed by atoms with Gasteiger partial charge in [-0.1, -0.05) is 152 Å². The van der Waals surface area contributed by atoms with E-state index in [1.165, 1.54) is 49.1 Å². The molecule has 11 aromatic rings. The lowest BCUT2D eigenvalue weighted by Crippen LogP contribution is -2.16. The van der Waals surface area contributed by atoms with E-state index in [0.29, 0.717) is 0 Å². The molecule has 0 saturated carbocycles.